The first-order valence-electron chi connectivity index (χ1n) is 5.22. The Morgan fingerprint density at radius 1 is 1.42 bits per heavy atom. The van der Waals surface area contributed by atoms with Crippen molar-refractivity contribution in [2.24, 2.45) is 10.9 Å². The van der Waals surface area contributed by atoms with E-state index in [0.29, 0.717) is 10.5 Å². The zero-order valence-electron chi connectivity index (χ0n) is 9.85. The third-order valence-corrected chi connectivity index (χ3v) is 4.42. The van der Waals surface area contributed by atoms with Crippen molar-refractivity contribution < 1.29 is 14.0 Å². The average molecular weight is 345 g/mol. The van der Waals surface area contributed by atoms with E-state index in [1.807, 2.05) is 0 Å². The molecule has 0 saturated carbocycles. The smallest absolute Gasteiger partial charge is 0.171 e. The van der Waals surface area contributed by atoms with Gasteiger partial charge in [-0.15, -0.1) is 0 Å². The zero-order chi connectivity index (χ0) is 14.0. The van der Waals surface area contributed by atoms with Crippen LogP contribution >= 0.6 is 27.7 Å². The standard InChI is InChI=1S/C12H10BrFN2O2S/c1-6-8(4-5-18-6)19-9-3-2-7(12(15)16-17)10(13)11(9)14/h2-5,17H,1H3,(H2,15,16). The van der Waals surface area contributed by atoms with Gasteiger partial charge in [-0.05, 0) is 41.1 Å². The Balaban J connectivity index is 2.39. The Hall–Kier alpha value is -1.47. The Morgan fingerprint density at radius 2 is 2.16 bits per heavy atom. The number of aryl methyl sites for hydroxylation is 1. The molecular formula is C12H10BrFN2O2S. The molecule has 100 valence electrons. The molecule has 0 aliphatic carbocycles. The fraction of sp³-hybridized carbons (Fsp3) is 0.0833. The molecule has 0 unspecified atom stereocenters. The van der Waals surface area contributed by atoms with E-state index < -0.39 is 5.82 Å². The summed E-state index contributed by atoms with van der Waals surface area (Å²) in [6.07, 6.45) is 1.55. The van der Waals surface area contributed by atoms with E-state index in [1.165, 1.54) is 11.8 Å². The predicted molar refractivity (Wildman–Crippen MR) is 74.2 cm³/mol. The molecule has 1 heterocycles. The van der Waals surface area contributed by atoms with Crippen LogP contribution in [-0.4, -0.2) is 11.0 Å². The third-order valence-electron chi connectivity index (χ3n) is 2.46. The number of furan rings is 1. The number of oxime groups is 1. The van der Waals surface area contributed by atoms with Crippen LogP contribution in [0.3, 0.4) is 0 Å². The molecule has 0 atom stereocenters. The normalized spacial score (nSPS) is 11.8. The minimum atomic E-state index is -0.463. The topological polar surface area (TPSA) is 71.8 Å². The summed E-state index contributed by atoms with van der Waals surface area (Å²) < 4.78 is 19.5. The van der Waals surface area contributed by atoms with E-state index in [2.05, 4.69) is 21.1 Å². The zero-order valence-corrected chi connectivity index (χ0v) is 12.3. The number of nitrogens with zero attached hydrogens (tertiary/aromatic N) is 1. The van der Waals surface area contributed by atoms with Crippen LogP contribution in [0.5, 0.6) is 0 Å². The second kappa shape index (κ2) is 5.66. The van der Waals surface area contributed by atoms with Gasteiger partial charge < -0.3 is 15.4 Å². The van der Waals surface area contributed by atoms with Crippen LogP contribution < -0.4 is 5.73 Å². The highest BCUT2D eigenvalue weighted by atomic mass is 79.9. The molecule has 2 rings (SSSR count). The van der Waals surface area contributed by atoms with Crippen LogP contribution in [0, 0.1) is 12.7 Å². The van der Waals surface area contributed by atoms with Gasteiger partial charge in [0.2, 0.25) is 0 Å². The lowest BCUT2D eigenvalue weighted by Gasteiger charge is -2.08. The molecule has 1 aromatic carbocycles. The number of benzene rings is 1. The molecule has 4 nitrogen and oxygen atoms in total. The maximum absolute atomic E-state index is 14.2. The Labute approximate surface area is 121 Å². The van der Waals surface area contributed by atoms with E-state index in [4.69, 9.17) is 15.4 Å². The first kappa shape index (κ1) is 14.0. The van der Waals surface area contributed by atoms with Gasteiger partial charge in [0.25, 0.3) is 0 Å². The van der Waals surface area contributed by atoms with Crippen LogP contribution in [0.1, 0.15) is 11.3 Å². The summed E-state index contributed by atoms with van der Waals surface area (Å²) in [7, 11) is 0. The largest absolute Gasteiger partial charge is 0.468 e. The van der Waals surface area contributed by atoms with E-state index >= 15 is 0 Å². The van der Waals surface area contributed by atoms with E-state index in [9.17, 15) is 4.39 Å². The number of amidine groups is 1. The van der Waals surface area contributed by atoms with Crippen molar-refractivity contribution in [2.75, 3.05) is 0 Å². The fourth-order valence-electron chi connectivity index (χ4n) is 1.46. The van der Waals surface area contributed by atoms with E-state index in [0.717, 1.165) is 10.7 Å². The second-order valence-electron chi connectivity index (χ2n) is 3.67. The van der Waals surface area contributed by atoms with Crippen molar-refractivity contribution in [3.63, 3.8) is 0 Å². The maximum atomic E-state index is 14.2. The highest BCUT2D eigenvalue weighted by Gasteiger charge is 2.16. The van der Waals surface area contributed by atoms with Gasteiger partial charge >= 0.3 is 0 Å². The average Bonchev–Trinajstić information content (AvgIpc) is 2.80. The molecule has 2 aromatic rings. The highest BCUT2D eigenvalue weighted by molar-refractivity contribution is 9.10. The lowest BCUT2D eigenvalue weighted by atomic mass is 10.2. The summed E-state index contributed by atoms with van der Waals surface area (Å²) in [4.78, 5) is 1.26. The maximum Gasteiger partial charge on any atom is 0.171 e. The summed E-state index contributed by atoms with van der Waals surface area (Å²) in [6.45, 7) is 1.81. The number of hydrogen-bond acceptors (Lipinski definition) is 4. The number of halogens is 2. The molecule has 1 aromatic heterocycles. The molecule has 0 aliphatic rings. The molecular weight excluding hydrogens is 335 g/mol. The molecule has 7 heteroatoms. The summed E-state index contributed by atoms with van der Waals surface area (Å²) in [5, 5.41) is 11.5. The van der Waals surface area contributed by atoms with Gasteiger partial charge in [-0.2, -0.15) is 0 Å². The van der Waals surface area contributed by atoms with Crippen LogP contribution in [0.2, 0.25) is 0 Å². The van der Waals surface area contributed by atoms with E-state index in [1.54, 1.807) is 31.4 Å². The highest BCUT2D eigenvalue weighted by Crippen LogP contribution is 2.36. The summed E-state index contributed by atoms with van der Waals surface area (Å²) >= 11 is 4.36. The predicted octanol–water partition coefficient (Wildman–Crippen LogP) is 3.74. The number of nitrogens with two attached hydrogens (primary N) is 1. The Kier molecular flexibility index (Phi) is 4.16. The number of rotatable bonds is 3. The third kappa shape index (κ3) is 2.76. The summed E-state index contributed by atoms with van der Waals surface area (Å²) in [5.74, 6) is 0.109. The monoisotopic (exact) mass is 344 g/mol. The van der Waals surface area contributed by atoms with Gasteiger partial charge in [0.1, 0.15) is 5.76 Å². The van der Waals surface area contributed by atoms with Gasteiger partial charge in [-0.25, -0.2) is 4.39 Å². The van der Waals surface area contributed by atoms with Crippen molar-refractivity contribution in [2.45, 2.75) is 16.7 Å². The van der Waals surface area contributed by atoms with Gasteiger partial charge in [0, 0.05) is 10.5 Å². The lowest BCUT2D eigenvalue weighted by Crippen LogP contribution is -2.14. The molecule has 0 spiro atoms. The molecule has 0 aliphatic heterocycles. The fourth-order valence-corrected chi connectivity index (χ4v) is 3.02. The quantitative estimate of drug-likeness (QED) is 0.385. The van der Waals surface area contributed by atoms with E-state index in [-0.39, 0.29) is 10.3 Å². The van der Waals surface area contributed by atoms with Crippen LogP contribution in [0.4, 0.5) is 4.39 Å². The van der Waals surface area contributed by atoms with Gasteiger partial charge in [0.15, 0.2) is 11.7 Å². The SMILES string of the molecule is Cc1occc1Sc1ccc(/C(N)=N/O)c(Br)c1F. The van der Waals surface area contributed by atoms with Crippen LogP contribution in [-0.2, 0) is 0 Å². The molecule has 0 radical (unpaired) electrons. The second-order valence-corrected chi connectivity index (χ2v) is 5.54. The first-order valence-corrected chi connectivity index (χ1v) is 6.83. The minimum Gasteiger partial charge on any atom is -0.468 e. The number of hydrogen-bond donors (Lipinski definition) is 2. The van der Waals surface area contributed by atoms with Crippen molar-refractivity contribution in [3.05, 3.63) is 46.1 Å². The molecule has 0 bridgehead atoms. The van der Waals surface area contributed by atoms with Crippen LogP contribution in [0.15, 0.2) is 48.3 Å². The molecule has 3 N–H and O–H groups in total. The van der Waals surface area contributed by atoms with Gasteiger partial charge in [-0.3, -0.25) is 0 Å². The minimum absolute atomic E-state index is 0.151. The molecule has 0 saturated heterocycles. The van der Waals surface area contributed by atoms with Gasteiger partial charge in [-0.1, -0.05) is 16.9 Å². The van der Waals surface area contributed by atoms with Crippen molar-refractivity contribution in [1.82, 2.24) is 0 Å². The van der Waals surface area contributed by atoms with Gasteiger partial charge in [0.05, 0.1) is 15.6 Å². The molecule has 0 fully saturated rings. The Morgan fingerprint density at radius 3 is 2.74 bits per heavy atom. The van der Waals surface area contributed by atoms with Crippen molar-refractivity contribution >= 4 is 33.5 Å². The van der Waals surface area contributed by atoms with Crippen LogP contribution in [0.25, 0.3) is 0 Å². The first-order chi connectivity index (χ1) is 9.04. The molecule has 0 amide bonds. The lowest BCUT2D eigenvalue weighted by molar-refractivity contribution is 0.318. The Bertz CT molecular complexity index is 643. The van der Waals surface area contributed by atoms with Crippen molar-refractivity contribution in [1.29, 1.82) is 0 Å². The summed E-state index contributed by atoms with van der Waals surface area (Å²) in [5.41, 5.74) is 5.76. The van der Waals surface area contributed by atoms with Crippen molar-refractivity contribution in [3.8, 4) is 0 Å². The molecule has 19 heavy (non-hydrogen) atoms. The summed E-state index contributed by atoms with van der Waals surface area (Å²) in [6, 6.07) is 4.93.